The van der Waals surface area contributed by atoms with Gasteiger partial charge in [-0.2, -0.15) is 0 Å². The molecule has 4 heteroatoms. The molecule has 4 aromatic rings. The van der Waals surface area contributed by atoms with E-state index in [-0.39, 0.29) is 23.0 Å². The van der Waals surface area contributed by atoms with E-state index in [2.05, 4.69) is 0 Å². The third-order valence-electron chi connectivity index (χ3n) is 4.94. The van der Waals surface area contributed by atoms with Gasteiger partial charge in [-0.1, -0.05) is 36.4 Å². The van der Waals surface area contributed by atoms with Gasteiger partial charge in [-0.05, 0) is 58.5 Å². The molecule has 0 amide bonds. The number of aromatic hydroxyl groups is 4. The van der Waals surface area contributed by atoms with Crippen LogP contribution in [-0.4, -0.2) is 20.4 Å². The molecule has 4 rings (SSSR count). The molecule has 140 valence electrons. The Hall–Kier alpha value is -3.66. The molecular formula is C24H20O4. The van der Waals surface area contributed by atoms with E-state index in [0.29, 0.717) is 23.8 Å². The molecule has 0 spiro atoms. The second-order valence-electron chi connectivity index (χ2n) is 6.92. The van der Waals surface area contributed by atoms with Crippen LogP contribution in [0.5, 0.6) is 23.0 Å². The number of hydrogen-bond acceptors (Lipinski definition) is 4. The highest BCUT2D eigenvalue weighted by atomic mass is 16.3. The van der Waals surface area contributed by atoms with Crippen molar-refractivity contribution in [3.05, 3.63) is 95.1 Å². The van der Waals surface area contributed by atoms with Crippen molar-refractivity contribution in [2.24, 2.45) is 0 Å². The highest BCUT2D eigenvalue weighted by molar-refractivity contribution is 5.94. The molecule has 0 aliphatic carbocycles. The topological polar surface area (TPSA) is 80.9 Å². The van der Waals surface area contributed by atoms with E-state index in [1.54, 1.807) is 48.5 Å². The zero-order valence-electron chi connectivity index (χ0n) is 15.1. The minimum atomic E-state index is 0.123. The van der Waals surface area contributed by atoms with Gasteiger partial charge in [-0.25, -0.2) is 0 Å². The van der Waals surface area contributed by atoms with Crippen LogP contribution in [0.1, 0.15) is 22.3 Å². The van der Waals surface area contributed by atoms with E-state index >= 15 is 0 Å². The van der Waals surface area contributed by atoms with Crippen LogP contribution in [0.2, 0.25) is 0 Å². The average molecular weight is 372 g/mol. The van der Waals surface area contributed by atoms with E-state index in [1.165, 1.54) is 0 Å². The van der Waals surface area contributed by atoms with Gasteiger partial charge in [0.25, 0.3) is 0 Å². The summed E-state index contributed by atoms with van der Waals surface area (Å²) in [5.41, 5.74) is 3.27. The van der Waals surface area contributed by atoms with E-state index in [4.69, 9.17) is 0 Å². The fraction of sp³-hybridized carbons (Fsp3) is 0.0833. The second kappa shape index (κ2) is 7.16. The number of phenols is 4. The molecule has 4 N–H and O–H groups in total. The summed E-state index contributed by atoms with van der Waals surface area (Å²) in [5.74, 6) is 0.652. The molecule has 4 aromatic carbocycles. The van der Waals surface area contributed by atoms with Crippen molar-refractivity contribution in [3.8, 4) is 23.0 Å². The van der Waals surface area contributed by atoms with Crippen molar-refractivity contribution in [3.63, 3.8) is 0 Å². The van der Waals surface area contributed by atoms with Crippen molar-refractivity contribution in [2.75, 3.05) is 0 Å². The third-order valence-corrected chi connectivity index (χ3v) is 4.94. The summed E-state index contributed by atoms with van der Waals surface area (Å²) >= 11 is 0. The minimum Gasteiger partial charge on any atom is -0.508 e. The van der Waals surface area contributed by atoms with Crippen molar-refractivity contribution in [1.29, 1.82) is 0 Å². The zero-order valence-corrected chi connectivity index (χ0v) is 15.1. The number of rotatable bonds is 4. The Kier molecular flexibility index (Phi) is 4.53. The summed E-state index contributed by atoms with van der Waals surface area (Å²) < 4.78 is 0. The highest BCUT2D eigenvalue weighted by Crippen LogP contribution is 2.38. The Morgan fingerprint density at radius 1 is 0.607 bits per heavy atom. The molecule has 0 unspecified atom stereocenters. The third kappa shape index (κ3) is 3.45. The Morgan fingerprint density at radius 3 is 1.79 bits per heavy atom. The Labute approximate surface area is 162 Å². The van der Waals surface area contributed by atoms with Gasteiger partial charge in [0, 0.05) is 23.8 Å². The van der Waals surface area contributed by atoms with Gasteiger partial charge in [0.05, 0.1) is 0 Å². The van der Waals surface area contributed by atoms with E-state index in [0.717, 1.165) is 22.1 Å². The van der Waals surface area contributed by atoms with Crippen LogP contribution < -0.4 is 0 Å². The second-order valence-corrected chi connectivity index (χ2v) is 6.92. The maximum absolute atomic E-state index is 11.0. The van der Waals surface area contributed by atoms with Gasteiger partial charge < -0.3 is 20.4 Å². The molecule has 28 heavy (non-hydrogen) atoms. The van der Waals surface area contributed by atoms with Crippen molar-refractivity contribution in [1.82, 2.24) is 0 Å². The number of hydrogen-bond donors (Lipinski definition) is 4. The molecule has 0 atom stereocenters. The van der Waals surface area contributed by atoms with Crippen LogP contribution >= 0.6 is 0 Å². The van der Waals surface area contributed by atoms with E-state index in [9.17, 15) is 20.4 Å². The summed E-state index contributed by atoms with van der Waals surface area (Å²) in [7, 11) is 0. The molecule has 0 fully saturated rings. The standard InChI is InChI=1S/C24H20O4/c25-19-8-4-15(5-9-19)12-18-14-17-2-1-3-22(27)23(17)21(24(18)28)13-16-6-10-20(26)11-7-16/h1-11,14,25-28H,12-13H2. The summed E-state index contributed by atoms with van der Waals surface area (Å²) in [4.78, 5) is 0. The predicted octanol–water partition coefficient (Wildman–Crippen LogP) is 4.84. The van der Waals surface area contributed by atoms with Crippen molar-refractivity contribution < 1.29 is 20.4 Å². The molecule has 0 aliphatic rings. The molecule has 0 saturated heterocycles. The van der Waals surface area contributed by atoms with E-state index < -0.39 is 0 Å². The Morgan fingerprint density at radius 2 is 1.18 bits per heavy atom. The SMILES string of the molecule is Oc1ccc(Cc2cc3cccc(O)c3c(Cc3ccc(O)cc3)c2O)cc1. The molecule has 0 bridgehead atoms. The molecule has 4 nitrogen and oxygen atoms in total. The van der Waals surface area contributed by atoms with Crippen LogP contribution in [0.4, 0.5) is 0 Å². The normalized spacial score (nSPS) is 11.0. The van der Waals surface area contributed by atoms with Crippen LogP contribution in [0, 0.1) is 0 Å². The highest BCUT2D eigenvalue weighted by Gasteiger charge is 2.16. The largest absolute Gasteiger partial charge is 0.508 e. The maximum Gasteiger partial charge on any atom is 0.123 e. The van der Waals surface area contributed by atoms with Crippen molar-refractivity contribution >= 4 is 10.8 Å². The first-order valence-corrected chi connectivity index (χ1v) is 9.02. The van der Waals surface area contributed by atoms with Crippen LogP contribution in [0.3, 0.4) is 0 Å². The summed E-state index contributed by atoms with van der Waals surface area (Å²) in [6.07, 6.45) is 0.921. The van der Waals surface area contributed by atoms with Crippen LogP contribution in [0.25, 0.3) is 10.8 Å². The van der Waals surface area contributed by atoms with Gasteiger partial charge in [0.1, 0.15) is 23.0 Å². The zero-order chi connectivity index (χ0) is 19.7. The number of fused-ring (bicyclic) bond motifs is 1. The summed E-state index contributed by atoms with van der Waals surface area (Å²) in [6, 6.07) is 20.9. The van der Waals surface area contributed by atoms with Gasteiger partial charge in [0.2, 0.25) is 0 Å². The summed E-state index contributed by atoms with van der Waals surface area (Å²) in [6.45, 7) is 0. The number of benzene rings is 4. The van der Waals surface area contributed by atoms with E-state index in [1.807, 2.05) is 24.3 Å². The Balaban J connectivity index is 1.84. The molecule has 0 aromatic heterocycles. The van der Waals surface area contributed by atoms with Crippen LogP contribution in [-0.2, 0) is 12.8 Å². The van der Waals surface area contributed by atoms with Gasteiger partial charge in [0.15, 0.2) is 0 Å². The Bertz CT molecular complexity index is 1130. The molecule has 0 saturated carbocycles. The van der Waals surface area contributed by atoms with Gasteiger partial charge in [-0.3, -0.25) is 0 Å². The van der Waals surface area contributed by atoms with Crippen LogP contribution in [0.15, 0.2) is 72.8 Å². The maximum atomic E-state index is 11.0. The lowest BCUT2D eigenvalue weighted by Gasteiger charge is -2.15. The smallest absolute Gasteiger partial charge is 0.123 e. The number of phenolic OH excluding ortho intramolecular Hbond substituents is 4. The minimum absolute atomic E-state index is 0.123. The first-order valence-electron chi connectivity index (χ1n) is 9.02. The average Bonchev–Trinajstić information content (AvgIpc) is 2.68. The first kappa shape index (κ1) is 17.7. The lowest BCUT2D eigenvalue weighted by molar-refractivity contribution is 0.461. The summed E-state index contributed by atoms with van der Waals surface area (Å²) in [5, 5.41) is 41.9. The predicted molar refractivity (Wildman–Crippen MR) is 109 cm³/mol. The van der Waals surface area contributed by atoms with Crippen molar-refractivity contribution in [2.45, 2.75) is 12.8 Å². The lowest BCUT2D eigenvalue weighted by Crippen LogP contribution is -1.97. The lowest BCUT2D eigenvalue weighted by atomic mass is 9.91. The van der Waals surface area contributed by atoms with Gasteiger partial charge >= 0.3 is 0 Å². The molecule has 0 radical (unpaired) electrons. The fourth-order valence-electron chi connectivity index (χ4n) is 3.53. The monoisotopic (exact) mass is 372 g/mol. The molecule has 0 heterocycles. The molecular weight excluding hydrogens is 352 g/mol. The molecule has 0 aliphatic heterocycles. The quantitative estimate of drug-likeness (QED) is 0.413. The van der Waals surface area contributed by atoms with Gasteiger partial charge in [-0.15, -0.1) is 0 Å². The first-order chi connectivity index (χ1) is 13.5. The fourth-order valence-corrected chi connectivity index (χ4v) is 3.53.